The van der Waals surface area contributed by atoms with Crippen molar-refractivity contribution >= 4 is 6.03 Å². The number of urea groups is 1. The summed E-state index contributed by atoms with van der Waals surface area (Å²) in [5.41, 5.74) is 1.05. The summed E-state index contributed by atoms with van der Waals surface area (Å²) in [6, 6.07) is 9.74. The highest BCUT2D eigenvalue weighted by Gasteiger charge is 2.27. The minimum absolute atomic E-state index is 0.0430. The molecule has 1 fully saturated rings. The normalized spacial score (nSPS) is 21.4. The van der Waals surface area contributed by atoms with Gasteiger partial charge in [0.25, 0.3) is 0 Å². The molecular weight excluding hydrogens is 280 g/mol. The molecule has 22 heavy (non-hydrogen) atoms. The Balaban J connectivity index is 1.96. The van der Waals surface area contributed by atoms with Crippen LogP contribution in [0.25, 0.3) is 0 Å². The van der Waals surface area contributed by atoms with E-state index in [4.69, 9.17) is 4.74 Å². The Labute approximate surface area is 132 Å². The first-order chi connectivity index (χ1) is 10.7. The molecule has 5 nitrogen and oxygen atoms in total. The molecule has 2 N–H and O–H groups in total. The van der Waals surface area contributed by atoms with E-state index in [1.807, 2.05) is 30.3 Å². The number of ether oxygens (including phenoxy) is 1. The molecule has 0 aliphatic heterocycles. The number of methoxy groups -OCH3 is 1. The van der Waals surface area contributed by atoms with Crippen LogP contribution < -0.4 is 5.32 Å². The number of nitrogens with one attached hydrogen (secondary N) is 1. The Kier molecular flexibility index (Phi) is 6.68. The molecule has 1 aromatic rings. The van der Waals surface area contributed by atoms with Crippen LogP contribution in [0.4, 0.5) is 4.79 Å². The van der Waals surface area contributed by atoms with E-state index in [1.54, 1.807) is 12.0 Å². The van der Waals surface area contributed by atoms with Gasteiger partial charge >= 0.3 is 6.03 Å². The SMILES string of the molecule is CO[C@@H]1CCCC[C@@H]1NC(=O)N(CCO)Cc1ccccc1. The third-order valence-electron chi connectivity index (χ3n) is 4.19. The van der Waals surface area contributed by atoms with Crippen molar-refractivity contribution in [2.45, 2.75) is 44.4 Å². The molecule has 2 atom stereocenters. The first kappa shape index (κ1) is 16.8. The fourth-order valence-corrected chi connectivity index (χ4v) is 2.97. The topological polar surface area (TPSA) is 61.8 Å². The van der Waals surface area contributed by atoms with Gasteiger partial charge in [-0.05, 0) is 18.4 Å². The smallest absolute Gasteiger partial charge is 0.318 e. The van der Waals surface area contributed by atoms with E-state index >= 15 is 0 Å². The summed E-state index contributed by atoms with van der Waals surface area (Å²) >= 11 is 0. The zero-order valence-corrected chi connectivity index (χ0v) is 13.2. The summed E-state index contributed by atoms with van der Waals surface area (Å²) in [4.78, 5) is 14.2. The summed E-state index contributed by atoms with van der Waals surface area (Å²) in [5.74, 6) is 0. The Hall–Kier alpha value is -1.59. The maximum absolute atomic E-state index is 12.5. The van der Waals surface area contributed by atoms with Crippen molar-refractivity contribution in [3.63, 3.8) is 0 Å². The molecule has 1 saturated carbocycles. The number of aliphatic hydroxyl groups is 1. The molecule has 0 heterocycles. The van der Waals surface area contributed by atoms with E-state index in [2.05, 4.69) is 5.32 Å². The largest absolute Gasteiger partial charge is 0.395 e. The molecule has 1 aliphatic rings. The first-order valence-electron chi connectivity index (χ1n) is 7.97. The first-order valence-corrected chi connectivity index (χ1v) is 7.97. The molecule has 5 heteroatoms. The van der Waals surface area contributed by atoms with Crippen molar-refractivity contribution in [2.75, 3.05) is 20.3 Å². The molecule has 122 valence electrons. The Morgan fingerprint density at radius 3 is 2.73 bits per heavy atom. The van der Waals surface area contributed by atoms with E-state index in [9.17, 15) is 9.90 Å². The third-order valence-corrected chi connectivity index (χ3v) is 4.19. The van der Waals surface area contributed by atoms with Crippen LogP contribution in [-0.2, 0) is 11.3 Å². The van der Waals surface area contributed by atoms with Crippen molar-refractivity contribution in [3.05, 3.63) is 35.9 Å². The van der Waals surface area contributed by atoms with Crippen LogP contribution in [0.15, 0.2) is 30.3 Å². The molecule has 0 unspecified atom stereocenters. The molecule has 0 saturated heterocycles. The van der Waals surface area contributed by atoms with Crippen LogP contribution in [-0.4, -0.2) is 48.4 Å². The van der Waals surface area contributed by atoms with Crippen LogP contribution in [0.5, 0.6) is 0 Å². The number of amides is 2. The average Bonchev–Trinajstić information content (AvgIpc) is 2.56. The van der Waals surface area contributed by atoms with Crippen LogP contribution in [0.2, 0.25) is 0 Å². The highest BCUT2D eigenvalue weighted by Crippen LogP contribution is 2.21. The summed E-state index contributed by atoms with van der Waals surface area (Å²) in [6.45, 7) is 0.779. The van der Waals surface area contributed by atoms with Crippen molar-refractivity contribution in [3.8, 4) is 0 Å². The molecule has 1 aromatic carbocycles. The van der Waals surface area contributed by atoms with Gasteiger partial charge in [-0.15, -0.1) is 0 Å². The number of hydrogen-bond donors (Lipinski definition) is 2. The number of carbonyl (C=O) groups excluding carboxylic acids is 1. The average molecular weight is 306 g/mol. The summed E-state index contributed by atoms with van der Waals surface area (Å²) in [5, 5.41) is 12.3. The van der Waals surface area contributed by atoms with E-state index in [0.29, 0.717) is 13.1 Å². The van der Waals surface area contributed by atoms with Crippen LogP contribution >= 0.6 is 0 Å². The maximum atomic E-state index is 12.5. The standard InChI is InChI=1S/C17H26N2O3/c1-22-16-10-6-5-9-15(16)18-17(21)19(11-12-20)13-14-7-3-2-4-8-14/h2-4,7-8,15-16,20H,5-6,9-13H2,1H3,(H,18,21)/t15-,16+/m0/s1. The number of benzene rings is 1. The van der Waals surface area contributed by atoms with Crippen LogP contribution in [0, 0.1) is 0 Å². The van der Waals surface area contributed by atoms with Gasteiger partial charge in [0, 0.05) is 20.2 Å². The lowest BCUT2D eigenvalue weighted by molar-refractivity contribution is 0.0426. The van der Waals surface area contributed by atoms with Gasteiger partial charge in [0.05, 0.1) is 18.8 Å². The molecule has 0 bridgehead atoms. The van der Waals surface area contributed by atoms with E-state index < -0.39 is 0 Å². The Morgan fingerprint density at radius 1 is 1.32 bits per heavy atom. The zero-order chi connectivity index (χ0) is 15.8. The van der Waals surface area contributed by atoms with E-state index in [1.165, 1.54) is 0 Å². The number of aliphatic hydroxyl groups excluding tert-OH is 1. The fourth-order valence-electron chi connectivity index (χ4n) is 2.97. The van der Waals surface area contributed by atoms with Gasteiger partial charge < -0.3 is 20.1 Å². The van der Waals surface area contributed by atoms with Gasteiger partial charge in [-0.3, -0.25) is 0 Å². The van der Waals surface area contributed by atoms with Gasteiger partial charge in [0.2, 0.25) is 0 Å². The minimum atomic E-state index is -0.133. The molecule has 0 spiro atoms. The van der Waals surface area contributed by atoms with Crippen molar-refractivity contribution in [1.29, 1.82) is 0 Å². The molecule has 1 aliphatic carbocycles. The second kappa shape index (κ2) is 8.76. The predicted molar refractivity (Wildman–Crippen MR) is 85.5 cm³/mol. The summed E-state index contributed by atoms with van der Waals surface area (Å²) in [7, 11) is 1.70. The molecule has 2 amide bonds. The van der Waals surface area contributed by atoms with Crippen molar-refractivity contribution < 1.29 is 14.6 Å². The lowest BCUT2D eigenvalue weighted by atomic mass is 9.92. The van der Waals surface area contributed by atoms with E-state index in [-0.39, 0.29) is 24.8 Å². The number of rotatable bonds is 6. The maximum Gasteiger partial charge on any atom is 0.318 e. The molecule has 2 rings (SSSR count). The van der Waals surface area contributed by atoms with Gasteiger partial charge in [0.15, 0.2) is 0 Å². The second-order valence-corrected chi connectivity index (χ2v) is 5.75. The van der Waals surface area contributed by atoms with Gasteiger partial charge in [-0.25, -0.2) is 4.79 Å². The number of hydrogen-bond acceptors (Lipinski definition) is 3. The third kappa shape index (κ3) is 4.71. The number of carbonyl (C=O) groups is 1. The van der Waals surface area contributed by atoms with E-state index in [0.717, 1.165) is 31.2 Å². The highest BCUT2D eigenvalue weighted by molar-refractivity contribution is 5.74. The number of nitrogens with zero attached hydrogens (tertiary/aromatic N) is 1. The summed E-state index contributed by atoms with van der Waals surface area (Å²) in [6.07, 6.45) is 4.28. The lowest BCUT2D eigenvalue weighted by Gasteiger charge is -2.33. The highest BCUT2D eigenvalue weighted by atomic mass is 16.5. The predicted octanol–water partition coefficient (Wildman–Crippen LogP) is 2.15. The van der Waals surface area contributed by atoms with Gasteiger partial charge in [0.1, 0.15) is 0 Å². The fraction of sp³-hybridized carbons (Fsp3) is 0.588. The lowest BCUT2D eigenvalue weighted by Crippen LogP contribution is -2.51. The summed E-state index contributed by atoms with van der Waals surface area (Å²) < 4.78 is 5.48. The quantitative estimate of drug-likeness (QED) is 0.846. The molecule has 0 aromatic heterocycles. The van der Waals surface area contributed by atoms with Crippen molar-refractivity contribution in [2.24, 2.45) is 0 Å². The van der Waals surface area contributed by atoms with Gasteiger partial charge in [-0.1, -0.05) is 43.2 Å². The monoisotopic (exact) mass is 306 g/mol. The van der Waals surface area contributed by atoms with Crippen LogP contribution in [0.3, 0.4) is 0 Å². The van der Waals surface area contributed by atoms with Crippen molar-refractivity contribution in [1.82, 2.24) is 10.2 Å². The van der Waals surface area contributed by atoms with Gasteiger partial charge in [-0.2, -0.15) is 0 Å². The molecular formula is C17H26N2O3. The van der Waals surface area contributed by atoms with Crippen LogP contribution in [0.1, 0.15) is 31.2 Å². The Bertz CT molecular complexity index is 452. The molecule has 0 radical (unpaired) electrons. The second-order valence-electron chi connectivity index (χ2n) is 5.75. The Morgan fingerprint density at radius 2 is 2.05 bits per heavy atom. The zero-order valence-electron chi connectivity index (χ0n) is 13.2. The minimum Gasteiger partial charge on any atom is -0.395 e.